The summed E-state index contributed by atoms with van der Waals surface area (Å²) in [6, 6.07) is 0. The largest absolute Gasteiger partial charge is 0.489 e. The molecule has 0 saturated carbocycles. The summed E-state index contributed by atoms with van der Waals surface area (Å²) < 4.78 is 49.3. The zero-order chi connectivity index (χ0) is 49.6. The molecule has 0 unspecified atom stereocenters. The molecule has 0 amide bonds. The molecule has 0 saturated heterocycles. The van der Waals surface area contributed by atoms with Crippen LogP contribution in [0.15, 0.2) is 4.42 Å². The van der Waals surface area contributed by atoms with E-state index in [1.54, 1.807) is 0 Å². The monoisotopic (exact) mass is 965 g/mol. The molecule has 398 valence electrons. The Bertz CT molecular complexity index is 1590. The van der Waals surface area contributed by atoms with E-state index in [9.17, 15) is 0 Å². The van der Waals surface area contributed by atoms with Gasteiger partial charge in [-0.15, -0.1) is 0 Å². The van der Waals surface area contributed by atoms with E-state index in [4.69, 9.17) is 32.8 Å². The molecular formula is C62H108O7. The Morgan fingerprint density at radius 1 is 0.232 bits per heavy atom. The van der Waals surface area contributed by atoms with Crippen LogP contribution in [0.3, 0.4) is 0 Å². The molecule has 0 spiro atoms. The van der Waals surface area contributed by atoms with Crippen LogP contribution in [0.2, 0.25) is 0 Å². The third-order valence-electron chi connectivity index (χ3n) is 14.0. The van der Waals surface area contributed by atoms with E-state index in [2.05, 4.69) is 55.4 Å². The lowest BCUT2D eigenvalue weighted by atomic mass is 10.0. The van der Waals surface area contributed by atoms with Crippen molar-refractivity contribution in [3.8, 4) is 34.5 Å². The van der Waals surface area contributed by atoms with Crippen LogP contribution in [0.1, 0.15) is 284 Å². The van der Waals surface area contributed by atoms with Crippen molar-refractivity contribution in [1.29, 1.82) is 0 Å². The van der Waals surface area contributed by atoms with Gasteiger partial charge in [0.1, 0.15) is 0 Å². The number of rotatable bonds is 48. The summed E-state index contributed by atoms with van der Waals surface area (Å²) >= 11 is 0. The molecule has 7 heteroatoms. The van der Waals surface area contributed by atoms with Crippen molar-refractivity contribution >= 4 is 21.9 Å². The normalized spacial score (nSPS) is 11.6. The summed E-state index contributed by atoms with van der Waals surface area (Å²) in [7, 11) is 0. The van der Waals surface area contributed by atoms with Gasteiger partial charge in [-0.2, -0.15) is 0 Å². The van der Waals surface area contributed by atoms with E-state index >= 15 is 0 Å². The molecule has 0 aliphatic heterocycles. The van der Waals surface area contributed by atoms with E-state index in [0.717, 1.165) is 133 Å². The summed E-state index contributed by atoms with van der Waals surface area (Å²) in [4.78, 5) is 0. The maximum absolute atomic E-state index is 7.27. The molecule has 0 N–H and O–H groups in total. The Hall–Kier alpha value is -2.96. The Morgan fingerprint density at radius 2 is 0.420 bits per heavy atom. The maximum Gasteiger partial charge on any atom is 0.181 e. The fourth-order valence-corrected chi connectivity index (χ4v) is 9.61. The van der Waals surface area contributed by atoms with Gasteiger partial charge in [0.25, 0.3) is 0 Å². The molecular weight excluding hydrogens is 857 g/mol. The van der Waals surface area contributed by atoms with Crippen LogP contribution in [0, 0.1) is 13.8 Å². The van der Waals surface area contributed by atoms with Gasteiger partial charge in [0.05, 0.1) is 50.4 Å². The second-order valence-corrected chi connectivity index (χ2v) is 20.4. The smallest absolute Gasteiger partial charge is 0.181 e. The quantitative estimate of drug-likeness (QED) is 0.0522. The van der Waals surface area contributed by atoms with Crippen molar-refractivity contribution < 1.29 is 32.8 Å². The summed E-state index contributed by atoms with van der Waals surface area (Å²) in [5, 5.41) is 1.73. The Balaban J connectivity index is 2.31. The maximum atomic E-state index is 7.27. The van der Waals surface area contributed by atoms with Gasteiger partial charge in [-0.05, 0) is 52.4 Å². The van der Waals surface area contributed by atoms with Crippen molar-refractivity contribution in [3.63, 3.8) is 0 Å². The number of furan rings is 1. The number of hydrogen-bond donors (Lipinski definition) is 0. The minimum atomic E-state index is 0.598. The minimum absolute atomic E-state index is 0.598. The Kier molecular flexibility index (Phi) is 34.7. The second-order valence-electron chi connectivity index (χ2n) is 20.4. The van der Waals surface area contributed by atoms with Crippen LogP contribution in [-0.2, 0) is 0 Å². The van der Waals surface area contributed by atoms with Gasteiger partial charge in [0, 0.05) is 11.1 Å². The standard InChI is InChI=1S/C62H108O7/c1-9-15-21-27-33-39-45-63-55-51(7)57(65-47-41-35-29-23-17-11-3)61-53(59(55)67-49-43-37-31-25-19-13-5)54-60(68-50-44-38-32-26-20-14-6)56(64-46-40-34-28-22-16-10-2)52(8)58(62(54)69-61)66-48-42-36-30-24-18-12-4/h9-50H2,1-8H3. The zero-order valence-corrected chi connectivity index (χ0v) is 46.6. The molecule has 0 atom stereocenters. The van der Waals surface area contributed by atoms with E-state index in [0.29, 0.717) is 50.8 Å². The molecule has 69 heavy (non-hydrogen) atoms. The van der Waals surface area contributed by atoms with Crippen LogP contribution < -0.4 is 28.4 Å². The molecule has 3 aromatic rings. The van der Waals surface area contributed by atoms with Gasteiger partial charge in [-0.3, -0.25) is 0 Å². The molecule has 2 aromatic carbocycles. The summed E-state index contributed by atoms with van der Waals surface area (Å²) in [6.07, 6.45) is 43.0. The van der Waals surface area contributed by atoms with Gasteiger partial charge in [0.2, 0.25) is 0 Å². The van der Waals surface area contributed by atoms with Gasteiger partial charge in [0.15, 0.2) is 45.7 Å². The Morgan fingerprint density at radius 3 is 0.652 bits per heavy atom. The van der Waals surface area contributed by atoms with Crippen LogP contribution >= 0.6 is 0 Å². The first-order valence-corrected chi connectivity index (χ1v) is 29.9. The molecule has 0 aliphatic carbocycles. The summed E-state index contributed by atoms with van der Waals surface area (Å²) in [5.41, 5.74) is 3.27. The number of hydrogen-bond acceptors (Lipinski definition) is 7. The van der Waals surface area contributed by atoms with Crippen LogP contribution in [0.5, 0.6) is 34.5 Å². The minimum Gasteiger partial charge on any atom is -0.489 e. The topological polar surface area (TPSA) is 68.5 Å². The highest BCUT2D eigenvalue weighted by Crippen LogP contribution is 2.56. The first-order chi connectivity index (χ1) is 34.0. The third kappa shape index (κ3) is 22.6. The zero-order valence-electron chi connectivity index (χ0n) is 46.6. The SMILES string of the molecule is CCCCCCCCOc1c(C)c(OCCCCCCCC)c2oc3c(OCCCCCCCC)c(C)c(OCCCCCCCC)c(OCCCCCCCC)c3c2c1OCCCCCCCC. The average molecular weight is 966 g/mol. The lowest BCUT2D eigenvalue weighted by Crippen LogP contribution is -2.08. The number of fused-ring (bicyclic) bond motifs is 3. The third-order valence-corrected chi connectivity index (χ3v) is 14.0. The second kappa shape index (κ2) is 39.6. The number of unbranched alkanes of at least 4 members (excludes halogenated alkanes) is 30. The predicted molar refractivity (Wildman–Crippen MR) is 296 cm³/mol. The summed E-state index contributed by atoms with van der Waals surface area (Å²) in [5.74, 6) is 4.52. The molecule has 7 nitrogen and oxygen atoms in total. The molecule has 0 radical (unpaired) electrons. The number of benzene rings is 2. The van der Waals surface area contributed by atoms with Gasteiger partial charge >= 0.3 is 0 Å². The van der Waals surface area contributed by atoms with Crippen molar-refractivity contribution in [3.05, 3.63) is 11.1 Å². The van der Waals surface area contributed by atoms with Crippen LogP contribution in [-0.4, -0.2) is 39.6 Å². The van der Waals surface area contributed by atoms with Crippen molar-refractivity contribution in [1.82, 2.24) is 0 Å². The highest BCUT2D eigenvalue weighted by molar-refractivity contribution is 6.17. The van der Waals surface area contributed by atoms with Crippen LogP contribution in [0.4, 0.5) is 0 Å². The van der Waals surface area contributed by atoms with E-state index < -0.39 is 0 Å². The molecule has 0 fully saturated rings. The summed E-state index contributed by atoms with van der Waals surface area (Å²) in [6.45, 7) is 21.6. The molecule has 3 rings (SSSR count). The van der Waals surface area contributed by atoms with Crippen molar-refractivity contribution in [2.75, 3.05) is 39.6 Å². The predicted octanol–water partition coefficient (Wildman–Crippen LogP) is 20.6. The first-order valence-electron chi connectivity index (χ1n) is 29.9. The molecule has 1 heterocycles. The van der Waals surface area contributed by atoms with Gasteiger partial charge in [-0.1, -0.05) is 234 Å². The van der Waals surface area contributed by atoms with E-state index in [1.165, 1.54) is 154 Å². The fourth-order valence-electron chi connectivity index (χ4n) is 9.61. The van der Waals surface area contributed by atoms with Crippen LogP contribution in [0.25, 0.3) is 21.9 Å². The Labute approximate surface area is 425 Å². The van der Waals surface area contributed by atoms with E-state index in [1.807, 2.05) is 0 Å². The van der Waals surface area contributed by atoms with Gasteiger partial charge in [-0.25, -0.2) is 0 Å². The molecule has 0 aliphatic rings. The molecule has 0 bridgehead atoms. The highest BCUT2D eigenvalue weighted by Gasteiger charge is 2.33. The molecule has 1 aromatic heterocycles. The van der Waals surface area contributed by atoms with Crippen molar-refractivity contribution in [2.45, 2.75) is 287 Å². The van der Waals surface area contributed by atoms with E-state index in [-0.39, 0.29) is 0 Å². The lowest BCUT2D eigenvalue weighted by Gasteiger charge is -2.21. The van der Waals surface area contributed by atoms with Gasteiger partial charge < -0.3 is 32.8 Å². The van der Waals surface area contributed by atoms with Crippen molar-refractivity contribution in [2.24, 2.45) is 0 Å². The fraction of sp³-hybridized carbons (Fsp3) is 0.806. The highest BCUT2D eigenvalue weighted by atomic mass is 16.5. The number of ether oxygens (including phenoxy) is 6. The lowest BCUT2D eigenvalue weighted by molar-refractivity contribution is 0.254. The average Bonchev–Trinajstić information content (AvgIpc) is 3.74. The first kappa shape index (κ1) is 60.3.